The molecule has 0 aromatic heterocycles. The third kappa shape index (κ3) is 1.56. The first-order chi connectivity index (χ1) is 10.00. The first-order valence-electron chi connectivity index (χ1n) is 7.64. The van der Waals surface area contributed by atoms with E-state index in [9.17, 15) is 0 Å². The Morgan fingerprint density at radius 1 is 0.762 bits per heavy atom. The van der Waals surface area contributed by atoms with E-state index in [1.54, 1.807) is 0 Å². The van der Waals surface area contributed by atoms with E-state index in [-0.39, 0.29) is 5.41 Å². The molecule has 0 spiro atoms. The maximum Gasteiger partial charge on any atom is 0.0159 e. The largest absolute Gasteiger partial charge is 0.0613 e. The zero-order valence-corrected chi connectivity index (χ0v) is 13.1. The predicted octanol–water partition coefficient (Wildman–Crippen LogP) is 5.76. The first-order valence-corrected chi connectivity index (χ1v) is 7.64. The molecule has 21 heavy (non-hydrogen) atoms. The molecule has 0 bridgehead atoms. The zero-order chi connectivity index (χ0) is 14.8. The van der Waals surface area contributed by atoms with Crippen molar-refractivity contribution in [2.75, 3.05) is 0 Å². The van der Waals surface area contributed by atoms with Gasteiger partial charge in [-0.15, -0.1) is 0 Å². The summed E-state index contributed by atoms with van der Waals surface area (Å²) in [5, 5.41) is 2.77. The van der Waals surface area contributed by atoms with Gasteiger partial charge >= 0.3 is 0 Å². The van der Waals surface area contributed by atoms with Crippen molar-refractivity contribution >= 4 is 10.8 Å². The zero-order valence-electron chi connectivity index (χ0n) is 13.1. The van der Waals surface area contributed by atoms with Crippen LogP contribution in [-0.2, 0) is 5.41 Å². The molecule has 3 aromatic rings. The van der Waals surface area contributed by atoms with Crippen molar-refractivity contribution in [1.82, 2.24) is 0 Å². The van der Waals surface area contributed by atoms with Crippen molar-refractivity contribution in [3.8, 4) is 11.1 Å². The van der Waals surface area contributed by atoms with Gasteiger partial charge in [0.15, 0.2) is 0 Å². The summed E-state index contributed by atoms with van der Waals surface area (Å²) in [4.78, 5) is 0. The van der Waals surface area contributed by atoms with Crippen molar-refractivity contribution in [3.63, 3.8) is 0 Å². The second-order valence-electron chi connectivity index (χ2n) is 6.83. The Labute approximate surface area is 126 Å². The van der Waals surface area contributed by atoms with Gasteiger partial charge in [0, 0.05) is 5.41 Å². The summed E-state index contributed by atoms with van der Waals surface area (Å²) in [6.07, 6.45) is 0. The topological polar surface area (TPSA) is 0 Å². The van der Waals surface area contributed by atoms with Crippen LogP contribution in [0.25, 0.3) is 21.9 Å². The van der Waals surface area contributed by atoms with Crippen LogP contribution < -0.4 is 0 Å². The van der Waals surface area contributed by atoms with Crippen molar-refractivity contribution in [2.45, 2.75) is 33.1 Å². The number of aryl methyl sites for hydroxylation is 2. The summed E-state index contributed by atoms with van der Waals surface area (Å²) in [6, 6.07) is 18.2. The SMILES string of the molecule is Cc1ccc2c(c1)C(C)(C)c1ccc3c(C)cccc3c1-2. The third-order valence-corrected chi connectivity index (χ3v) is 5.07. The Morgan fingerprint density at radius 2 is 1.57 bits per heavy atom. The Bertz CT molecular complexity index is 882. The predicted molar refractivity (Wildman–Crippen MR) is 91.0 cm³/mol. The van der Waals surface area contributed by atoms with Crippen LogP contribution in [0.2, 0.25) is 0 Å². The molecule has 0 radical (unpaired) electrons. The summed E-state index contributed by atoms with van der Waals surface area (Å²) in [5.41, 5.74) is 8.57. The number of fused-ring (bicyclic) bond motifs is 5. The number of hydrogen-bond donors (Lipinski definition) is 0. The maximum absolute atomic E-state index is 2.36. The summed E-state index contributed by atoms with van der Waals surface area (Å²) in [5.74, 6) is 0. The fraction of sp³-hybridized carbons (Fsp3) is 0.238. The molecule has 4 rings (SSSR count). The second-order valence-corrected chi connectivity index (χ2v) is 6.83. The van der Waals surface area contributed by atoms with Crippen LogP contribution in [0.3, 0.4) is 0 Å². The van der Waals surface area contributed by atoms with E-state index < -0.39 is 0 Å². The van der Waals surface area contributed by atoms with Gasteiger partial charge in [-0.3, -0.25) is 0 Å². The molecular formula is C21H20. The lowest BCUT2D eigenvalue weighted by atomic mass is 9.81. The van der Waals surface area contributed by atoms with E-state index in [2.05, 4.69) is 76.2 Å². The molecule has 0 nitrogen and oxygen atoms in total. The summed E-state index contributed by atoms with van der Waals surface area (Å²) in [6.45, 7) is 9.07. The van der Waals surface area contributed by atoms with E-state index in [0.29, 0.717) is 0 Å². The molecule has 0 heteroatoms. The van der Waals surface area contributed by atoms with Gasteiger partial charge in [0.05, 0.1) is 0 Å². The minimum absolute atomic E-state index is 0.0919. The lowest BCUT2D eigenvalue weighted by Gasteiger charge is -2.22. The monoisotopic (exact) mass is 272 g/mol. The van der Waals surface area contributed by atoms with Gasteiger partial charge in [-0.2, -0.15) is 0 Å². The number of hydrogen-bond acceptors (Lipinski definition) is 0. The molecule has 0 saturated heterocycles. The summed E-state index contributed by atoms with van der Waals surface area (Å²) < 4.78 is 0. The normalized spacial score (nSPS) is 15.0. The lowest BCUT2D eigenvalue weighted by molar-refractivity contribution is 0.660. The quantitative estimate of drug-likeness (QED) is 0.488. The average Bonchev–Trinajstić information content (AvgIpc) is 2.68. The van der Waals surface area contributed by atoms with Crippen molar-refractivity contribution in [3.05, 3.63) is 70.8 Å². The molecule has 104 valence electrons. The van der Waals surface area contributed by atoms with Gasteiger partial charge in [-0.1, -0.05) is 67.9 Å². The van der Waals surface area contributed by atoms with Crippen LogP contribution in [0.5, 0.6) is 0 Å². The standard InChI is InChI=1S/C21H20/c1-13-8-9-17-19(12-13)21(3,4)18-11-10-15-14(2)6-5-7-16(15)20(17)18/h5-12H,1-4H3. The molecule has 0 heterocycles. The van der Waals surface area contributed by atoms with Crippen LogP contribution in [0.15, 0.2) is 48.5 Å². The fourth-order valence-corrected chi connectivity index (χ4v) is 3.86. The van der Waals surface area contributed by atoms with E-state index in [1.165, 1.54) is 44.2 Å². The Kier molecular flexibility index (Phi) is 2.39. The lowest BCUT2D eigenvalue weighted by Crippen LogP contribution is -2.15. The maximum atomic E-state index is 2.36. The fourth-order valence-electron chi connectivity index (χ4n) is 3.86. The molecule has 0 aliphatic heterocycles. The van der Waals surface area contributed by atoms with Crippen LogP contribution in [0.1, 0.15) is 36.1 Å². The van der Waals surface area contributed by atoms with Gasteiger partial charge in [-0.25, -0.2) is 0 Å². The smallest absolute Gasteiger partial charge is 0.0159 e. The highest BCUT2D eigenvalue weighted by molar-refractivity contribution is 6.03. The second kappa shape index (κ2) is 3.98. The van der Waals surface area contributed by atoms with Gasteiger partial charge in [0.2, 0.25) is 0 Å². The van der Waals surface area contributed by atoms with E-state index in [0.717, 1.165) is 0 Å². The van der Waals surface area contributed by atoms with Gasteiger partial charge in [0.25, 0.3) is 0 Å². The third-order valence-electron chi connectivity index (χ3n) is 5.07. The van der Waals surface area contributed by atoms with Crippen molar-refractivity contribution < 1.29 is 0 Å². The van der Waals surface area contributed by atoms with Crippen molar-refractivity contribution in [1.29, 1.82) is 0 Å². The summed E-state index contributed by atoms with van der Waals surface area (Å²) >= 11 is 0. The van der Waals surface area contributed by atoms with E-state index in [1.807, 2.05) is 0 Å². The molecular weight excluding hydrogens is 252 g/mol. The molecule has 0 atom stereocenters. The number of rotatable bonds is 0. The van der Waals surface area contributed by atoms with Crippen LogP contribution in [0, 0.1) is 13.8 Å². The molecule has 1 aliphatic carbocycles. The highest BCUT2D eigenvalue weighted by Gasteiger charge is 2.36. The molecule has 0 saturated carbocycles. The molecule has 1 aliphatic rings. The average molecular weight is 272 g/mol. The first kappa shape index (κ1) is 12.6. The number of benzene rings is 3. The minimum atomic E-state index is 0.0919. The summed E-state index contributed by atoms with van der Waals surface area (Å²) in [7, 11) is 0. The van der Waals surface area contributed by atoms with E-state index in [4.69, 9.17) is 0 Å². The van der Waals surface area contributed by atoms with Crippen molar-refractivity contribution in [2.24, 2.45) is 0 Å². The Balaban J connectivity index is 2.20. The highest BCUT2D eigenvalue weighted by atomic mass is 14.4. The molecule has 0 unspecified atom stereocenters. The van der Waals surface area contributed by atoms with Crippen LogP contribution >= 0.6 is 0 Å². The molecule has 3 aromatic carbocycles. The minimum Gasteiger partial charge on any atom is -0.0613 e. The molecule has 0 N–H and O–H groups in total. The Hall–Kier alpha value is -2.08. The van der Waals surface area contributed by atoms with E-state index >= 15 is 0 Å². The molecule has 0 fully saturated rings. The Morgan fingerprint density at radius 3 is 2.38 bits per heavy atom. The van der Waals surface area contributed by atoms with Gasteiger partial charge in [-0.05, 0) is 52.4 Å². The van der Waals surface area contributed by atoms with Crippen LogP contribution in [-0.4, -0.2) is 0 Å². The van der Waals surface area contributed by atoms with Gasteiger partial charge in [0.1, 0.15) is 0 Å². The highest BCUT2D eigenvalue weighted by Crippen LogP contribution is 2.51. The molecule has 0 amide bonds. The van der Waals surface area contributed by atoms with Gasteiger partial charge < -0.3 is 0 Å². The van der Waals surface area contributed by atoms with Crippen LogP contribution in [0.4, 0.5) is 0 Å².